The number of nitrogens with zero attached hydrogens (tertiary/aromatic N) is 3. The molecular weight excluding hydrogens is 679 g/mol. The van der Waals surface area contributed by atoms with E-state index in [0.29, 0.717) is 23.0 Å². The first-order valence-electron chi connectivity index (χ1n) is 21.0. The summed E-state index contributed by atoms with van der Waals surface area (Å²) in [5, 5.41) is 3.88. The van der Waals surface area contributed by atoms with Gasteiger partial charge in [0, 0.05) is 16.7 Å². The molecule has 56 heavy (non-hydrogen) atoms. The smallest absolute Gasteiger partial charge is 0.164 e. The maximum absolute atomic E-state index is 8.69. The summed E-state index contributed by atoms with van der Waals surface area (Å²) in [6.45, 7) is 0. The molecule has 0 aliphatic heterocycles. The second-order valence-corrected chi connectivity index (χ2v) is 13.6. The van der Waals surface area contributed by atoms with E-state index in [9.17, 15) is 0 Å². The number of fused-ring (bicyclic) bond motifs is 2. The van der Waals surface area contributed by atoms with E-state index in [4.69, 9.17) is 21.8 Å². The largest absolute Gasteiger partial charge is 0.208 e. The monoisotopic (exact) mass is 718 g/mol. The Labute approximate surface area is 333 Å². The zero-order chi connectivity index (χ0) is 41.6. The van der Waals surface area contributed by atoms with Gasteiger partial charge in [-0.05, 0) is 78.2 Å². The molecule has 9 aromatic carbocycles. The van der Waals surface area contributed by atoms with Crippen LogP contribution in [0.15, 0.2) is 212 Å². The van der Waals surface area contributed by atoms with Crippen molar-refractivity contribution in [3.63, 3.8) is 0 Å². The van der Waals surface area contributed by atoms with Crippen molar-refractivity contribution >= 4 is 21.5 Å². The number of aromatic nitrogens is 3. The molecule has 0 fully saturated rings. The highest BCUT2D eigenvalue weighted by molar-refractivity contribution is 6.07. The summed E-state index contributed by atoms with van der Waals surface area (Å²) in [6, 6.07) is 59.7. The van der Waals surface area contributed by atoms with E-state index in [1.54, 1.807) is 0 Å². The van der Waals surface area contributed by atoms with E-state index in [1.165, 1.54) is 0 Å². The lowest BCUT2D eigenvalue weighted by Gasteiger charge is -2.15. The molecule has 0 radical (unpaired) electrons. The zero-order valence-electron chi connectivity index (χ0n) is 35.2. The number of benzene rings is 9. The molecule has 262 valence electrons. The Bertz CT molecular complexity index is 3270. The van der Waals surface area contributed by atoms with Crippen LogP contribution in [-0.4, -0.2) is 15.0 Å². The SMILES string of the molecule is [2H]c1c([2H])c([2H])c(-c2ccc(-c3cccc(-c4nc(-c5ccccc5)nc(-c5ccc6c(-c7ccccc7)ccc(-c7ccccc7)c6c5)n4)c3)c3ccccc23)c([2H])c1[2H]. The minimum absolute atomic E-state index is 0.175. The quantitative estimate of drug-likeness (QED) is 0.165. The average Bonchev–Trinajstić information content (AvgIpc) is 3.33. The molecule has 0 spiro atoms. The lowest BCUT2D eigenvalue weighted by Crippen LogP contribution is -2.00. The van der Waals surface area contributed by atoms with E-state index in [2.05, 4.69) is 84.9 Å². The second-order valence-electron chi connectivity index (χ2n) is 13.6. The predicted molar refractivity (Wildman–Crippen MR) is 233 cm³/mol. The molecular formula is C53H35N3. The summed E-state index contributed by atoms with van der Waals surface area (Å²) in [6.07, 6.45) is 0. The van der Waals surface area contributed by atoms with Gasteiger partial charge in [0.1, 0.15) is 0 Å². The molecule has 0 amide bonds. The average molecular weight is 719 g/mol. The summed E-state index contributed by atoms with van der Waals surface area (Å²) in [5.41, 5.74) is 9.64. The van der Waals surface area contributed by atoms with Crippen LogP contribution >= 0.6 is 0 Å². The first-order chi connectivity index (χ1) is 29.8. The van der Waals surface area contributed by atoms with Crippen LogP contribution in [0.3, 0.4) is 0 Å². The number of rotatable bonds is 7. The molecule has 0 atom stereocenters. The van der Waals surface area contributed by atoms with Crippen molar-refractivity contribution in [3.8, 4) is 78.7 Å². The summed E-state index contributed by atoms with van der Waals surface area (Å²) >= 11 is 0. The molecule has 3 nitrogen and oxygen atoms in total. The summed E-state index contributed by atoms with van der Waals surface area (Å²) in [4.78, 5) is 15.3. The van der Waals surface area contributed by atoms with Crippen molar-refractivity contribution < 1.29 is 6.85 Å². The first kappa shape index (κ1) is 28.0. The molecule has 10 aromatic rings. The minimum atomic E-state index is -0.414. The first-order valence-corrected chi connectivity index (χ1v) is 18.5. The number of hydrogen-bond donors (Lipinski definition) is 0. The predicted octanol–water partition coefficient (Wildman–Crippen LogP) is 13.8. The Morgan fingerprint density at radius 3 is 1.27 bits per heavy atom. The Kier molecular flexibility index (Phi) is 7.20. The van der Waals surface area contributed by atoms with Gasteiger partial charge in [0.25, 0.3) is 0 Å². The Balaban J connectivity index is 1.13. The fraction of sp³-hybridized carbons (Fsp3) is 0. The molecule has 3 heteroatoms. The molecule has 0 N–H and O–H groups in total. The van der Waals surface area contributed by atoms with Gasteiger partial charge in [-0.2, -0.15) is 0 Å². The summed E-state index contributed by atoms with van der Waals surface area (Å²) < 4.78 is 42.1. The van der Waals surface area contributed by atoms with E-state index >= 15 is 0 Å². The fourth-order valence-electron chi connectivity index (χ4n) is 7.56. The standard InChI is InChI=1S/C53H35N3/c1-5-16-36(17-6-1)43-31-33-46(48-27-14-13-26-47(43)48)40-24-15-25-41(34-40)52-54-51(39-22-11-4-12-23-39)55-53(56-52)42-28-29-49-44(37-18-7-2-8-19-37)30-32-45(50(49)35-42)38-20-9-3-10-21-38/h1-35H/i1D,5D,6D,16D,17D. The highest BCUT2D eigenvalue weighted by atomic mass is 15.0. The Morgan fingerprint density at radius 1 is 0.268 bits per heavy atom. The third-order valence-electron chi connectivity index (χ3n) is 10.2. The van der Waals surface area contributed by atoms with Gasteiger partial charge in [-0.25, -0.2) is 15.0 Å². The van der Waals surface area contributed by atoms with Gasteiger partial charge in [0.15, 0.2) is 17.5 Å². The van der Waals surface area contributed by atoms with E-state index in [1.807, 2.05) is 97.1 Å². The van der Waals surface area contributed by atoms with Gasteiger partial charge in [0.2, 0.25) is 0 Å². The fourth-order valence-corrected chi connectivity index (χ4v) is 7.56. The Morgan fingerprint density at radius 2 is 0.679 bits per heavy atom. The maximum Gasteiger partial charge on any atom is 0.164 e. The molecule has 0 aliphatic carbocycles. The van der Waals surface area contributed by atoms with Gasteiger partial charge in [-0.15, -0.1) is 0 Å². The normalized spacial score (nSPS) is 12.5. The van der Waals surface area contributed by atoms with Crippen LogP contribution < -0.4 is 0 Å². The molecule has 0 saturated carbocycles. The highest BCUT2D eigenvalue weighted by Gasteiger charge is 2.17. The molecule has 0 bridgehead atoms. The van der Waals surface area contributed by atoms with Crippen LogP contribution in [0.4, 0.5) is 0 Å². The summed E-state index contributed by atoms with van der Waals surface area (Å²) in [7, 11) is 0. The minimum Gasteiger partial charge on any atom is -0.208 e. The van der Waals surface area contributed by atoms with Gasteiger partial charge >= 0.3 is 0 Å². The van der Waals surface area contributed by atoms with Crippen molar-refractivity contribution in [1.29, 1.82) is 0 Å². The van der Waals surface area contributed by atoms with Crippen molar-refractivity contribution in [3.05, 3.63) is 212 Å². The number of hydrogen-bond acceptors (Lipinski definition) is 3. The van der Waals surface area contributed by atoms with Crippen LogP contribution in [0.25, 0.3) is 100 Å². The summed E-state index contributed by atoms with van der Waals surface area (Å²) in [5.74, 6) is 1.63. The van der Waals surface area contributed by atoms with Crippen LogP contribution in [0, 0.1) is 0 Å². The third-order valence-corrected chi connectivity index (χ3v) is 10.2. The van der Waals surface area contributed by atoms with Gasteiger partial charge in [-0.3, -0.25) is 0 Å². The van der Waals surface area contributed by atoms with Crippen LogP contribution in [0.1, 0.15) is 6.85 Å². The van der Waals surface area contributed by atoms with Crippen LogP contribution in [-0.2, 0) is 0 Å². The third kappa shape index (κ3) is 6.21. The van der Waals surface area contributed by atoms with E-state index in [0.717, 1.165) is 71.6 Å². The van der Waals surface area contributed by atoms with Crippen molar-refractivity contribution in [2.24, 2.45) is 0 Å². The lowest BCUT2D eigenvalue weighted by atomic mass is 9.91. The molecule has 1 aromatic heterocycles. The topological polar surface area (TPSA) is 38.7 Å². The molecule has 0 unspecified atom stereocenters. The van der Waals surface area contributed by atoms with Crippen LogP contribution in [0.5, 0.6) is 0 Å². The molecule has 10 rings (SSSR count). The van der Waals surface area contributed by atoms with Crippen molar-refractivity contribution in [2.75, 3.05) is 0 Å². The molecule has 0 saturated heterocycles. The van der Waals surface area contributed by atoms with Gasteiger partial charge in [-0.1, -0.05) is 200 Å². The second kappa shape index (κ2) is 14.4. The van der Waals surface area contributed by atoms with Crippen molar-refractivity contribution in [2.45, 2.75) is 0 Å². The molecule has 0 aliphatic rings. The highest BCUT2D eigenvalue weighted by Crippen LogP contribution is 2.39. The van der Waals surface area contributed by atoms with E-state index < -0.39 is 6.04 Å². The van der Waals surface area contributed by atoms with Crippen molar-refractivity contribution in [1.82, 2.24) is 15.0 Å². The van der Waals surface area contributed by atoms with Crippen LogP contribution in [0.2, 0.25) is 0 Å². The molecule has 1 heterocycles. The maximum atomic E-state index is 8.69. The Hall–Kier alpha value is -7.49. The van der Waals surface area contributed by atoms with Gasteiger partial charge < -0.3 is 0 Å². The zero-order valence-corrected chi connectivity index (χ0v) is 30.2. The van der Waals surface area contributed by atoms with Gasteiger partial charge in [0.05, 0.1) is 6.85 Å². The lowest BCUT2D eigenvalue weighted by molar-refractivity contribution is 1.07. The van der Waals surface area contributed by atoms with E-state index in [-0.39, 0.29) is 29.7 Å².